The molecule has 110 valence electrons. The Labute approximate surface area is 123 Å². The van der Waals surface area contributed by atoms with Gasteiger partial charge in [0, 0.05) is 35.5 Å². The maximum atomic E-state index is 11.9. The third kappa shape index (κ3) is 4.72. The Morgan fingerprint density at radius 3 is 2.55 bits per heavy atom. The first-order chi connectivity index (χ1) is 9.56. The Morgan fingerprint density at radius 1 is 1.35 bits per heavy atom. The summed E-state index contributed by atoms with van der Waals surface area (Å²) in [5, 5.41) is 3.21. The van der Waals surface area contributed by atoms with Crippen LogP contribution in [-0.2, 0) is 22.1 Å². The van der Waals surface area contributed by atoms with E-state index in [1.54, 1.807) is 11.2 Å². The summed E-state index contributed by atoms with van der Waals surface area (Å²) in [4.78, 5) is 14.5. The molecule has 1 aliphatic rings. The van der Waals surface area contributed by atoms with Gasteiger partial charge in [0.25, 0.3) is 0 Å². The number of rotatable bonds is 7. The lowest BCUT2D eigenvalue weighted by molar-refractivity contribution is -0.129. The van der Waals surface area contributed by atoms with Crippen molar-refractivity contribution in [1.29, 1.82) is 0 Å². The first-order valence-electron chi connectivity index (χ1n) is 6.93. The van der Waals surface area contributed by atoms with Crippen LogP contribution in [0.1, 0.15) is 18.4 Å². The normalized spacial score (nSPS) is 15.9. The van der Waals surface area contributed by atoms with Crippen molar-refractivity contribution in [3.63, 3.8) is 0 Å². The van der Waals surface area contributed by atoms with Crippen molar-refractivity contribution < 1.29 is 9.00 Å². The van der Waals surface area contributed by atoms with E-state index in [1.165, 1.54) is 12.8 Å². The summed E-state index contributed by atoms with van der Waals surface area (Å²) >= 11 is 0. The summed E-state index contributed by atoms with van der Waals surface area (Å²) in [5.74, 6) is 0.893. The molecule has 1 amide bonds. The van der Waals surface area contributed by atoms with E-state index < -0.39 is 10.8 Å². The highest BCUT2D eigenvalue weighted by Gasteiger charge is 2.21. The van der Waals surface area contributed by atoms with Gasteiger partial charge in [-0.15, -0.1) is 0 Å². The van der Waals surface area contributed by atoms with Crippen LogP contribution in [0, 0.1) is 5.92 Å². The largest absolute Gasteiger partial charge is 0.340 e. The zero-order valence-electron chi connectivity index (χ0n) is 12.1. The van der Waals surface area contributed by atoms with Gasteiger partial charge in [-0.25, -0.2) is 0 Å². The number of amides is 1. The molecule has 20 heavy (non-hydrogen) atoms. The Bertz CT molecular complexity index is 483. The third-order valence-electron chi connectivity index (χ3n) is 3.51. The molecular weight excluding hydrogens is 272 g/mol. The number of benzene rings is 1. The summed E-state index contributed by atoms with van der Waals surface area (Å²) in [6.07, 6.45) is 4.25. The maximum absolute atomic E-state index is 11.9. The van der Waals surface area contributed by atoms with Crippen molar-refractivity contribution in [1.82, 2.24) is 10.2 Å². The molecule has 1 fully saturated rings. The average molecular weight is 294 g/mol. The monoisotopic (exact) mass is 294 g/mol. The molecule has 1 aromatic rings. The fourth-order valence-electron chi connectivity index (χ4n) is 1.99. The van der Waals surface area contributed by atoms with Crippen LogP contribution in [-0.4, -0.2) is 41.4 Å². The number of nitrogens with zero attached hydrogens (tertiary/aromatic N) is 1. The van der Waals surface area contributed by atoms with Gasteiger partial charge in [-0.3, -0.25) is 9.00 Å². The molecule has 0 spiro atoms. The highest BCUT2D eigenvalue weighted by Crippen LogP contribution is 2.27. The highest BCUT2D eigenvalue weighted by atomic mass is 32.2. The van der Waals surface area contributed by atoms with E-state index in [1.807, 2.05) is 31.3 Å². The summed E-state index contributed by atoms with van der Waals surface area (Å²) in [5.41, 5.74) is 1.05. The van der Waals surface area contributed by atoms with E-state index in [4.69, 9.17) is 0 Å². The van der Waals surface area contributed by atoms with Crippen LogP contribution in [0.4, 0.5) is 0 Å². The number of nitrogens with one attached hydrogen (secondary N) is 1. The Kier molecular flexibility index (Phi) is 5.31. The predicted octanol–water partition coefficient (Wildman–Crippen LogP) is 1.38. The van der Waals surface area contributed by atoms with Gasteiger partial charge < -0.3 is 10.2 Å². The van der Waals surface area contributed by atoms with Gasteiger partial charge in [-0.1, -0.05) is 12.1 Å². The molecule has 0 aromatic heterocycles. The minimum atomic E-state index is -0.952. The van der Waals surface area contributed by atoms with E-state index in [9.17, 15) is 9.00 Å². The van der Waals surface area contributed by atoms with Gasteiger partial charge in [0.05, 0.1) is 6.54 Å². The number of likely N-dealkylation sites (N-methyl/N-ethyl adjacent to an activating group) is 1. The van der Waals surface area contributed by atoms with Crippen LogP contribution in [0.3, 0.4) is 0 Å². The molecule has 1 atom stereocenters. The second-order valence-corrected chi connectivity index (χ2v) is 6.80. The molecule has 1 aromatic carbocycles. The summed E-state index contributed by atoms with van der Waals surface area (Å²) in [6.45, 7) is 1.95. The number of hydrogen-bond acceptors (Lipinski definition) is 3. The van der Waals surface area contributed by atoms with E-state index in [2.05, 4.69) is 5.32 Å². The molecule has 0 heterocycles. The van der Waals surface area contributed by atoms with Gasteiger partial charge in [-0.05, 0) is 43.0 Å². The number of carbonyl (C=O) groups excluding carboxylic acids is 1. The average Bonchev–Trinajstić information content (AvgIpc) is 3.23. The molecule has 0 radical (unpaired) electrons. The Balaban J connectivity index is 1.78. The van der Waals surface area contributed by atoms with Gasteiger partial charge in [-0.2, -0.15) is 0 Å². The first-order valence-corrected chi connectivity index (χ1v) is 8.49. The smallest absolute Gasteiger partial charge is 0.236 e. The summed E-state index contributed by atoms with van der Waals surface area (Å²) in [6, 6.07) is 7.57. The van der Waals surface area contributed by atoms with E-state index in [0.717, 1.165) is 22.9 Å². The standard InChI is InChI=1S/C15H22N2O2S/c1-17(15(18)10-16-9-12-3-4-12)11-13-5-7-14(8-6-13)20(2)19/h5-8,12,16H,3-4,9-11H2,1-2H3. The lowest BCUT2D eigenvalue weighted by atomic mass is 10.2. The molecule has 1 aliphatic carbocycles. The van der Waals surface area contributed by atoms with Crippen molar-refractivity contribution in [2.75, 3.05) is 26.4 Å². The van der Waals surface area contributed by atoms with Crippen LogP contribution in [0.15, 0.2) is 29.2 Å². The van der Waals surface area contributed by atoms with Crippen LogP contribution in [0.25, 0.3) is 0 Å². The molecule has 1 unspecified atom stereocenters. The molecule has 4 nitrogen and oxygen atoms in total. The van der Waals surface area contributed by atoms with Gasteiger partial charge in [0.15, 0.2) is 0 Å². The fourth-order valence-corrected chi connectivity index (χ4v) is 2.51. The van der Waals surface area contributed by atoms with Gasteiger partial charge >= 0.3 is 0 Å². The lowest BCUT2D eigenvalue weighted by Crippen LogP contribution is -2.35. The molecule has 2 rings (SSSR count). The minimum absolute atomic E-state index is 0.105. The zero-order valence-corrected chi connectivity index (χ0v) is 12.9. The molecule has 1 N–H and O–H groups in total. The van der Waals surface area contributed by atoms with Crippen LogP contribution < -0.4 is 5.32 Å². The number of carbonyl (C=O) groups is 1. The third-order valence-corrected chi connectivity index (χ3v) is 4.44. The van der Waals surface area contributed by atoms with E-state index >= 15 is 0 Å². The second-order valence-electron chi connectivity index (χ2n) is 5.42. The second kappa shape index (κ2) is 6.99. The fraction of sp³-hybridized carbons (Fsp3) is 0.533. The molecule has 5 heteroatoms. The van der Waals surface area contributed by atoms with Crippen molar-refractivity contribution in [3.05, 3.63) is 29.8 Å². The quantitative estimate of drug-likeness (QED) is 0.826. The molecule has 1 saturated carbocycles. The van der Waals surface area contributed by atoms with Crippen LogP contribution in [0.5, 0.6) is 0 Å². The van der Waals surface area contributed by atoms with Crippen molar-refractivity contribution in [2.24, 2.45) is 5.92 Å². The predicted molar refractivity (Wildman–Crippen MR) is 80.8 cm³/mol. The topological polar surface area (TPSA) is 49.4 Å². The van der Waals surface area contributed by atoms with Crippen molar-refractivity contribution >= 4 is 16.7 Å². The number of hydrogen-bond donors (Lipinski definition) is 1. The van der Waals surface area contributed by atoms with E-state index in [-0.39, 0.29) is 5.91 Å². The molecule has 0 aliphatic heterocycles. The Morgan fingerprint density at radius 2 is 2.00 bits per heavy atom. The summed E-state index contributed by atoms with van der Waals surface area (Å²) in [7, 11) is 0.860. The van der Waals surface area contributed by atoms with Crippen molar-refractivity contribution in [3.8, 4) is 0 Å². The maximum Gasteiger partial charge on any atom is 0.236 e. The van der Waals surface area contributed by atoms with Crippen LogP contribution >= 0.6 is 0 Å². The van der Waals surface area contributed by atoms with E-state index in [0.29, 0.717) is 13.1 Å². The van der Waals surface area contributed by atoms with Crippen LogP contribution in [0.2, 0.25) is 0 Å². The molecular formula is C15H22N2O2S. The summed E-state index contributed by atoms with van der Waals surface area (Å²) < 4.78 is 11.3. The molecule has 0 bridgehead atoms. The highest BCUT2D eigenvalue weighted by molar-refractivity contribution is 7.84. The van der Waals surface area contributed by atoms with Gasteiger partial charge in [0.2, 0.25) is 5.91 Å². The SMILES string of the molecule is CN(Cc1ccc(S(C)=O)cc1)C(=O)CNCC1CC1. The lowest BCUT2D eigenvalue weighted by Gasteiger charge is -2.17. The Hall–Kier alpha value is -1.20. The minimum Gasteiger partial charge on any atom is -0.340 e. The zero-order chi connectivity index (χ0) is 14.5. The first kappa shape index (κ1) is 15.2. The van der Waals surface area contributed by atoms with Gasteiger partial charge in [0.1, 0.15) is 0 Å². The molecule has 0 saturated heterocycles. The van der Waals surface area contributed by atoms with Crippen molar-refractivity contribution in [2.45, 2.75) is 24.3 Å².